The molecule has 19 heavy (non-hydrogen) atoms. The van der Waals surface area contributed by atoms with Gasteiger partial charge in [-0.2, -0.15) is 0 Å². The van der Waals surface area contributed by atoms with Crippen LogP contribution >= 0.6 is 15.9 Å². The average molecular weight is 347 g/mol. The molecule has 0 saturated heterocycles. The van der Waals surface area contributed by atoms with Crippen LogP contribution in [0.15, 0.2) is 6.07 Å². The van der Waals surface area contributed by atoms with Crippen LogP contribution in [0, 0.1) is 27.7 Å². The lowest BCUT2D eigenvalue weighted by Gasteiger charge is -2.31. The Bertz CT molecular complexity index is 575. The molecule has 0 bridgehead atoms. The minimum Gasteiger partial charge on any atom is -0.229 e. The standard InChI is InChI=1S/C15H23BrO2S/c1-9-8-10(2)12(4)13(11(9)3)14(16)15(5,6)19(7,17)18/h8,14H,1-7H3. The Morgan fingerprint density at radius 2 is 1.42 bits per heavy atom. The number of aryl methyl sites for hydroxylation is 2. The highest BCUT2D eigenvalue weighted by Gasteiger charge is 2.40. The van der Waals surface area contributed by atoms with Crippen LogP contribution in [0.3, 0.4) is 0 Å². The summed E-state index contributed by atoms with van der Waals surface area (Å²) in [6.07, 6.45) is 1.30. The van der Waals surface area contributed by atoms with E-state index in [-0.39, 0.29) is 4.83 Å². The smallest absolute Gasteiger partial charge is 0.154 e. The molecule has 108 valence electrons. The first-order chi connectivity index (χ1) is 8.41. The van der Waals surface area contributed by atoms with Crippen molar-refractivity contribution in [1.82, 2.24) is 0 Å². The number of benzene rings is 1. The van der Waals surface area contributed by atoms with E-state index in [4.69, 9.17) is 0 Å². The van der Waals surface area contributed by atoms with Crippen molar-refractivity contribution in [2.75, 3.05) is 6.26 Å². The van der Waals surface area contributed by atoms with Gasteiger partial charge in [-0.1, -0.05) is 22.0 Å². The zero-order valence-electron chi connectivity index (χ0n) is 12.8. The largest absolute Gasteiger partial charge is 0.229 e. The summed E-state index contributed by atoms with van der Waals surface area (Å²) in [6, 6.07) is 2.15. The molecule has 1 rings (SSSR count). The number of alkyl halides is 1. The molecule has 0 fully saturated rings. The van der Waals surface area contributed by atoms with Crippen molar-refractivity contribution in [3.8, 4) is 0 Å². The summed E-state index contributed by atoms with van der Waals surface area (Å²) in [5.41, 5.74) is 5.84. The molecule has 0 aliphatic heterocycles. The Hall–Kier alpha value is -0.350. The van der Waals surface area contributed by atoms with E-state index in [1.807, 2.05) is 0 Å². The molecule has 4 heteroatoms. The monoisotopic (exact) mass is 346 g/mol. The lowest BCUT2D eigenvalue weighted by Crippen LogP contribution is -2.36. The first kappa shape index (κ1) is 16.7. The lowest BCUT2D eigenvalue weighted by molar-refractivity contribution is 0.547. The van der Waals surface area contributed by atoms with E-state index in [0.29, 0.717) is 0 Å². The maximum atomic E-state index is 12.0. The van der Waals surface area contributed by atoms with Crippen molar-refractivity contribution in [3.63, 3.8) is 0 Å². The molecule has 1 aromatic rings. The van der Waals surface area contributed by atoms with Crippen LogP contribution in [0.5, 0.6) is 0 Å². The van der Waals surface area contributed by atoms with E-state index >= 15 is 0 Å². The summed E-state index contributed by atoms with van der Waals surface area (Å²) >= 11 is 3.63. The fourth-order valence-electron chi connectivity index (χ4n) is 2.16. The van der Waals surface area contributed by atoms with Gasteiger partial charge in [0, 0.05) is 6.26 Å². The van der Waals surface area contributed by atoms with E-state index in [2.05, 4.69) is 49.7 Å². The molecule has 0 N–H and O–H groups in total. The minimum absolute atomic E-state index is 0.214. The molecule has 2 nitrogen and oxygen atoms in total. The van der Waals surface area contributed by atoms with Crippen molar-refractivity contribution >= 4 is 25.8 Å². The van der Waals surface area contributed by atoms with Crippen molar-refractivity contribution in [2.24, 2.45) is 0 Å². The fraction of sp³-hybridized carbons (Fsp3) is 0.600. The topological polar surface area (TPSA) is 34.1 Å². The SMILES string of the molecule is Cc1cc(C)c(C)c(C(Br)C(C)(C)S(C)(=O)=O)c1C. The number of halogens is 1. The fourth-order valence-corrected chi connectivity index (χ4v) is 4.36. The van der Waals surface area contributed by atoms with Gasteiger partial charge >= 0.3 is 0 Å². The molecule has 0 heterocycles. The Labute approximate surface area is 125 Å². The molecule has 0 spiro atoms. The Balaban J connectivity index is 3.56. The number of rotatable bonds is 3. The molecule has 0 radical (unpaired) electrons. The Kier molecular flexibility index (Phi) is 4.58. The number of hydrogen-bond acceptors (Lipinski definition) is 2. The minimum atomic E-state index is -3.16. The van der Waals surface area contributed by atoms with Crippen LogP contribution in [-0.2, 0) is 9.84 Å². The van der Waals surface area contributed by atoms with Gasteiger partial charge in [-0.3, -0.25) is 0 Å². The maximum absolute atomic E-state index is 12.0. The molecule has 0 amide bonds. The van der Waals surface area contributed by atoms with E-state index in [9.17, 15) is 8.42 Å². The summed E-state index contributed by atoms with van der Waals surface area (Å²) in [4.78, 5) is -0.214. The number of sulfone groups is 1. The predicted octanol–water partition coefficient (Wildman–Crippen LogP) is 4.18. The third-order valence-electron chi connectivity index (χ3n) is 4.24. The van der Waals surface area contributed by atoms with Gasteiger partial charge in [-0.25, -0.2) is 8.42 Å². The second kappa shape index (κ2) is 5.21. The summed E-state index contributed by atoms with van der Waals surface area (Å²) in [7, 11) is -3.16. The van der Waals surface area contributed by atoms with E-state index < -0.39 is 14.6 Å². The maximum Gasteiger partial charge on any atom is 0.154 e. The third-order valence-corrected chi connectivity index (χ3v) is 8.30. The van der Waals surface area contributed by atoms with Crippen LogP contribution in [0.2, 0.25) is 0 Å². The second-order valence-corrected chi connectivity index (χ2v) is 9.42. The Morgan fingerprint density at radius 3 is 1.74 bits per heavy atom. The molecule has 0 saturated carbocycles. The van der Waals surface area contributed by atoms with E-state index in [1.165, 1.54) is 28.5 Å². The first-order valence-corrected chi connectivity index (χ1v) is 9.13. The van der Waals surface area contributed by atoms with Gasteiger partial charge in [-0.15, -0.1) is 0 Å². The van der Waals surface area contributed by atoms with Crippen LogP contribution in [0.1, 0.15) is 46.5 Å². The number of hydrogen-bond donors (Lipinski definition) is 0. The third kappa shape index (κ3) is 2.89. The van der Waals surface area contributed by atoms with Crippen LogP contribution in [0.25, 0.3) is 0 Å². The molecule has 1 unspecified atom stereocenters. The molecule has 0 aliphatic carbocycles. The molecule has 1 aromatic carbocycles. The van der Waals surface area contributed by atoms with Crippen molar-refractivity contribution in [1.29, 1.82) is 0 Å². The highest BCUT2D eigenvalue weighted by molar-refractivity contribution is 9.09. The molecular weight excluding hydrogens is 324 g/mol. The van der Waals surface area contributed by atoms with Gasteiger partial charge in [0.05, 0.1) is 9.57 Å². The second-order valence-electron chi connectivity index (χ2n) is 5.91. The molecule has 1 atom stereocenters. The van der Waals surface area contributed by atoms with Gasteiger partial charge in [0.25, 0.3) is 0 Å². The van der Waals surface area contributed by atoms with Gasteiger partial charge in [0.15, 0.2) is 9.84 Å². The zero-order valence-corrected chi connectivity index (χ0v) is 15.2. The first-order valence-electron chi connectivity index (χ1n) is 6.32. The van der Waals surface area contributed by atoms with E-state index in [1.54, 1.807) is 13.8 Å². The summed E-state index contributed by atoms with van der Waals surface area (Å²) in [5.74, 6) is 0. The van der Waals surface area contributed by atoms with Crippen molar-refractivity contribution in [2.45, 2.75) is 51.1 Å². The summed E-state index contributed by atoms with van der Waals surface area (Å²) in [6.45, 7) is 11.8. The molecule has 0 aromatic heterocycles. The molecular formula is C15H23BrO2S. The van der Waals surface area contributed by atoms with Crippen molar-refractivity contribution in [3.05, 3.63) is 33.9 Å². The van der Waals surface area contributed by atoms with Crippen LogP contribution < -0.4 is 0 Å². The predicted molar refractivity (Wildman–Crippen MR) is 86.0 cm³/mol. The molecule has 0 aliphatic rings. The average Bonchev–Trinajstić information content (AvgIpc) is 2.25. The van der Waals surface area contributed by atoms with Gasteiger partial charge < -0.3 is 0 Å². The van der Waals surface area contributed by atoms with Gasteiger partial charge in [0.2, 0.25) is 0 Å². The zero-order chi connectivity index (χ0) is 15.2. The van der Waals surface area contributed by atoms with Crippen LogP contribution in [-0.4, -0.2) is 19.4 Å². The highest BCUT2D eigenvalue weighted by atomic mass is 79.9. The lowest BCUT2D eigenvalue weighted by atomic mass is 9.88. The van der Waals surface area contributed by atoms with Crippen molar-refractivity contribution < 1.29 is 8.42 Å². The summed E-state index contributed by atoms with van der Waals surface area (Å²) in [5, 5.41) is 0. The van der Waals surface area contributed by atoms with Gasteiger partial charge in [-0.05, 0) is 69.4 Å². The van der Waals surface area contributed by atoms with Gasteiger partial charge in [0.1, 0.15) is 0 Å². The quantitative estimate of drug-likeness (QED) is 0.769. The highest BCUT2D eigenvalue weighted by Crippen LogP contribution is 2.43. The Morgan fingerprint density at radius 1 is 1.05 bits per heavy atom. The normalized spacial score (nSPS) is 14.5. The summed E-state index contributed by atoms with van der Waals surface area (Å²) < 4.78 is 23.2. The van der Waals surface area contributed by atoms with Crippen LogP contribution in [0.4, 0.5) is 0 Å². The van der Waals surface area contributed by atoms with E-state index in [0.717, 1.165) is 5.56 Å².